The van der Waals surface area contributed by atoms with Crippen LogP contribution in [0.5, 0.6) is 0 Å². The van der Waals surface area contributed by atoms with Gasteiger partial charge in [-0.05, 0) is 79.1 Å². The maximum absolute atomic E-state index is 15.3. The third-order valence-corrected chi connectivity index (χ3v) is 8.64. The SMILES string of the molecule is C=C1[C@H]2CCC3[C@]4(C)CCC[C@@](C)(CO)C4CC[C@]3(C2)[C@H]1F. The second-order valence-electron chi connectivity index (χ2n) is 9.46. The van der Waals surface area contributed by atoms with Gasteiger partial charge in [-0.3, -0.25) is 0 Å². The van der Waals surface area contributed by atoms with Gasteiger partial charge in [-0.2, -0.15) is 0 Å². The topological polar surface area (TPSA) is 20.2 Å². The fourth-order valence-electron chi connectivity index (χ4n) is 7.64. The van der Waals surface area contributed by atoms with Gasteiger partial charge < -0.3 is 5.11 Å². The molecule has 4 rings (SSSR count). The number of hydrogen-bond acceptors (Lipinski definition) is 1. The molecule has 2 unspecified atom stereocenters. The summed E-state index contributed by atoms with van der Waals surface area (Å²) in [7, 11) is 0. The summed E-state index contributed by atoms with van der Waals surface area (Å²) < 4.78 is 15.3. The Kier molecular flexibility index (Phi) is 3.16. The molecule has 0 aromatic heterocycles. The summed E-state index contributed by atoms with van der Waals surface area (Å²) in [4.78, 5) is 0. The first kappa shape index (κ1) is 15.2. The van der Waals surface area contributed by atoms with Gasteiger partial charge in [0.05, 0.1) is 0 Å². The largest absolute Gasteiger partial charge is 0.396 e. The third-order valence-electron chi connectivity index (χ3n) is 8.64. The minimum atomic E-state index is -0.773. The van der Waals surface area contributed by atoms with Crippen LogP contribution in [0.1, 0.15) is 65.2 Å². The predicted octanol–water partition coefficient (Wildman–Crippen LogP) is 4.90. The summed E-state index contributed by atoms with van der Waals surface area (Å²) in [5.74, 6) is 1.50. The molecule has 2 bridgehead atoms. The molecule has 0 radical (unpaired) electrons. The van der Waals surface area contributed by atoms with E-state index in [1.807, 2.05) is 0 Å². The van der Waals surface area contributed by atoms with E-state index in [2.05, 4.69) is 20.4 Å². The smallest absolute Gasteiger partial charge is 0.127 e. The predicted molar refractivity (Wildman–Crippen MR) is 87.2 cm³/mol. The van der Waals surface area contributed by atoms with Crippen molar-refractivity contribution in [3.05, 3.63) is 12.2 Å². The first-order valence-electron chi connectivity index (χ1n) is 9.31. The van der Waals surface area contributed by atoms with E-state index in [1.165, 1.54) is 19.3 Å². The molecule has 0 heterocycles. The number of fused-ring (bicyclic) bond motifs is 3. The fourth-order valence-corrected chi connectivity index (χ4v) is 7.64. The van der Waals surface area contributed by atoms with Crippen LogP contribution < -0.4 is 0 Å². The number of halogens is 1. The van der Waals surface area contributed by atoms with Crippen LogP contribution in [0.2, 0.25) is 0 Å². The molecule has 0 aliphatic heterocycles. The van der Waals surface area contributed by atoms with Crippen molar-refractivity contribution >= 4 is 0 Å². The lowest BCUT2D eigenvalue weighted by molar-refractivity contribution is -0.170. The molecule has 1 nitrogen and oxygen atoms in total. The van der Waals surface area contributed by atoms with Gasteiger partial charge in [-0.15, -0.1) is 0 Å². The van der Waals surface area contributed by atoms with Gasteiger partial charge in [-0.25, -0.2) is 4.39 Å². The Morgan fingerprint density at radius 2 is 1.91 bits per heavy atom. The van der Waals surface area contributed by atoms with Crippen molar-refractivity contribution in [2.24, 2.45) is 34.0 Å². The molecule has 4 fully saturated rings. The molecule has 22 heavy (non-hydrogen) atoms. The van der Waals surface area contributed by atoms with E-state index in [1.54, 1.807) is 0 Å². The number of alkyl halides is 1. The lowest BCUT2D eigenvalue weighted by Crippen LogP contribution is -2.58. The van der Waals surface area contributed by atoms with Crippen LogP contribution in [-0.2, 0) is 0 Å². The highest BCUT2D eigenvalue weighted by molar-refractivity contribution is 5.27. The van der Waals surface area contributed by atoms with Crippen molar-refractivity contribution in [1.29, 1.82) is 0 Å². The van der Waals surface area contributed by atoms with Gasteiger partial charge in [0.15, 0.2) is 0 Å². The zero-order valence-electron chi connectivity index (χ0n) is 14.2. The molecule has 2 heteroatoms. The monoisotopic (exact) mass is 306 g/mol. The van der Waals surface area contributed by atoms with Gasteiger partial charge in [0.1, 0.15) is 6.17 Å². The van der Waals surface area contributed by atoms with Crippen LogP contribution in [-0.4, -0.2) is 17.9 Å². The molecule has 1 N–H and O–H groups in total. The second-order valence-corrected chi connectivity index (χ2v) is 9.46. The average Bonchev–Trinajstić information content (AvgIpc) is 2.68. The third kappa shape index (κ3) is 1.63. The number of hydrogen-bond donors (Lipinski definition) is 1. The lowest BCUT2D eigenvalue weighted by atomic mass is 9.41. The van der Waals surface area contributed by atoms with Crippen LogP contribution in [0.3, 0.4) is 0 Å². The maximum atomic E-state index is 15.3. The highest BCUT2D eigenvalue weighted by Gasteiger charge is 2.67. The minimum absolute atomic E-state index is 0.0485. The van der Waals surface area contributed by atoms with Crippen molar-refractivity contribution in [3.8, 4) is 0 Å². The fraction of sp³-hybridized carbons (Fsp3) is 0.900. The molecule has 124 valence electrons. The van der Waals surface area contributed by atoms with E-state index in [0.717, 1.165) is 37.7 Å². The molecule has 1 spiro atoms. The number of aliphatic hydroxyl groups excluding tert-OH is 1. The highest BCUT2D eigenvalue weighted by Crippen LogP contribution is 2.72. The molecule has 0 aromatic rings. The van der Waals surface area contributed by atoms with Gasteiger partial charge in [0, 0.05) is 12.0 Å². The summed E-state index contributed by atoms with van der Waals surface area (Å²) in [6, 6.07) is 0. The van der Waals surface area contributed by atoms with Crippen molar-refractivity contribution in [2.75, 3.05) is 6.61 Å². The Labute approximate surface area is 134 Å². The summed E-state index contributed by atoms with van der Waals surface area (Å²) in [5, 5.41) is 10.0. The van der Waals surface area contributed by atoms with Crippen LogP contribution in [0.15, 0.2) is 12.2 Å². The standard InChI is InChI=1S/C20H31FO/c1-13-14-5-6-16-19(3)9-4-8-18(2,12-22)15(19)7-10-20(16,11-14)17(13)21/h14-17,22H,1,4-12H2,2-3H3/t14-,15?,16?,17-,18-,19+,20+/m0/s1. The lowest BCUT2D eigenvalue weighted by Gasteiger charge is -2.64. The van der Waals surface area contributed by atoms with Gasteiger partial charge in [0.2, 0.25) is 0 Å². The molecule has 4 aliphatic carbocycles. The zero-order chi connectivity index (χ0) is 15.8. The van der Waals surface area contributed by atoms with E-state index in [4.69, 9.17) is 0 Å². The first-order valence-corrected chi connectivity index (χ1v) is 9.31. The molecule has 0 saturated heterocycles. The number of allylic oxidation sites excluding steroid dienone is 1. The summed E-state index contributed by atoms with van der Waals surface area (Å²) in [6.07, 6.45) is 8.27. The van der Waals surface area contributed by atoms with E-state index in [9.17, 15) is 5.11 Å². The Hall–Kier alpha value is -0.370. The van der Waals surface area contributed by atoms with Crippen molar-refractivity contribution in [2.45, 2.75) is 71.4 Å². The van der Waals surface area contributed by atoms with Gasteiger partial charge in [-0.1, -0.05) is 26.8 Å². The minimum Gasteiger partial charge on any atom is -0.396 e. The Morgan fingerprint density at radius 1 is 1.14 bits per heavy atom. The van der Waals surface area contributed by atoms with Gasteiger partial charge in [0.25, 0.3) is 0 Å². The molecule has 4 saturated carbocycles. The van der Waals surface area contributed by atoms with E-state index in [-0.39, 0.29) is 16.2 Å². The van der Waals surface area contributed by atoms with Crippen molar-refractivity contribution in [3.63, 3.8) is 0 Å². The summed E-state index contributed by atoms with van der Waals surface area (Å²) in [6.45, 7) is 9.13. The zero-order valence-corrected chi connectivity index (χ0v) is 14.2. The summed E-state index contributed by atoms with van der Waals surface area (Å²) in [5.41, 5.74) is 1.06. The average molecular weight is 306 g/mol. The molecule has 0 aromatic carbocycles. The molecular formula is C20H31FO. The van der Waals surface area contributed by atoms with Crippen LogP contribution in [0.4, 0.5) is 4.39 Å². The van der Waals surface area contributed by atoms with Crippen molar-refractivity contribution < 1.29 is 9.50 Å². The first-order chi connectivity index (χ1) is 10.4. The molecule has 7 atom stereocenters. The van der Waals surface area contributed by atoms with E-state index in [0.29, 0.717) is 24.4 Å². The van der Waals surface area contributed by atoms with E-state index >= 15 is 4.39 Å². The Balaban J connectivity index is 1.76. The quantitative estimate of drug-likeness (QED) is 0.683. The number of aliphatic hydroxyl groups is 1. The van der Waals surface area contributed by atoms with Gasteiger partial charge >= 0.3 is 0 Å². The van der Waals surface area contributed by atoms with Crippen LogP contribution in [0.25, 0.3) is 0 Å². The van der Waals surface area contributed by atoms with Crippen LogP contribution >= 0.6 is 0 Å². The molecule has 0 amide bonds. The normalized spacial score (nSPS) is 57.4. The number of rotatable bonds is 1. The highest BCUT2D eigenvalue weighted by atomic mass is 19.1. The molecule has 4 aliphatic rings. The Morgan fingerprint density at radius 3 is 2.64 bits per heavy atom. The second kappa shape index (κ2) is 4.59. The van der Waals surface area contributed by atoms with E-state index < -0.39 is 6.17 Å². The summed E-state index contributed by atoms with van der Waals surface area (Å²) >= 11 is 0. The molecular weight excluding hydrogens is 275 g/mol. The maximum Gasteiger partial charge on any atom is 0.127 e. The van der Waals surface area contributed by atoms with Crippen molar-refractivity contribution in [1.82, 2.24) is 0 Å². The van der Waals surface area contributed by atoms with Crippen LogP contribution in [0, 0.1) is 34.0 Å². The Bertz CT molecular complexity index is 502.